The zero-order valence-electron chi connectivity index (χ0n) is 17.2. The van der Waals surface area contributed by atoms with Gasteiger partial charge in [0.05, 0.1) is 6.21 Å². The number of furan rings is 1. The number of aliphatic imine (C=N–C) groups is 1. The van der Waals surface area contributed by atoms with E-state index in [0.717, 1.165) is 51.1 Å². The number of hydrogen-bond donors (Lipinski definition) is 2. The number of carbonyl (C=O) groups is 2. The largest absolute Gasteiger partial charge is 0.455 e. The molecule has 2 aliphatic heterocycles. The molecule has 2 aromatic rings. The molecular formula is C22H26ClN5O3. The summed E-state index contributed by atoms with van der Waals surface area (Å²) in [5, 5.41) is 6.61. The first-order valence-corrected chi connectivity index (χ1v) is 10.9. The second-order valence-electron chi connectivity index (χ2n) is 7.63. The third kappa shape index (κ3) is 5.52. The molecule has 9 heteroatoms. The van der Waals surface area contributed by atoms with Gasteiger partial charge >= 0.3 is 6.03 Å². The van der Waals surface area contributed by atoms with Crippen molar-refractivity contribution in [3.05, 3.63) is 47.2 Å². The number of carbonyl (C=O) groups excluding carboxylic acids is 2. The third-order valence-electron chi connectivity index (χ3n) is 5.43. The van der Waals surface area contributed by atoms with Crippen molar-refractivity contribution in [3.8, 4) is 11.3 Å². The van der Waals surface area contributed by atoms with Crippen LogP contribution in [0.5, 0.6) is 0 Å². The van der Waals surface area contributed by atoms with E-state index in [4.69, 9.17) is 16.0 Å². The van der Waals surface area contributed by atoms with E-state index in [1.807, 2.05) is 18.2 Å². The molecule has 3 heterocycles. The summed E-state index contributed by atoms with van der Waals surface area (Å²) >= 11 is 5.91. The molecule has 8 nitrogen and oxygen atoms in total. The summed E-state index contributed by atoms with van der Waals surface area (Å²) in [6.45, 7) is 5.53. The molecule has 1 aromatic carbocycles. The van der Waals surface area contributed by atoms with Gasteiger partial charge in [0.25, 0.3) is 5.91 Å². The number of hydrogen-bond acceptors (Lipinski definition) is 6. The van der Waals surface area contributed by atoms with Gasteiger partial charge in [-0.25, -0.2) is 4.79 Å². The fourth-order valence-electron chi connectivity index (χ4n) is 3.70. The predicted molar refractivity (Wildman–Crippen MR) is 119 cm³/mol. The Kier molecular flexibility index (Phi) is 7.01. The van der Waals surface area contributed by atoms with Crippen molar-refractivity contribution < 1.29 is 14.0 Å². The van der Waals surface area contributed by atoms with Crippen LogP contribution in [-0.4, -0.2) is 73.4 Å². The topological polar surface area (TPSA) is 90.2 Å². The Hall–Kier alpha value is -2.68. The van der Waals surface area contributed by atoms with Crippen molar-refractivity contribution in [2.75, 3.05) is 39.3 Å². The number of nitrogens with one attached hydrogen (secondary N) is 2. The molecule has 0 saturated carbocycles. The molecule has 2 saturated heterocycles. The van der Waals surface area contributed by atoms with Crippen molar-refractivity contribution >= 4 is 29.8 Å². The molecule has 4 rings (SSSR count). The highest BCUT2D eigenvalue weighted by atomic mass is 35.5. The Balaban J connectivity index is 1.27. The molecule has 1 unspecified atom stereocenters. The van der Waals surface area contributed by atoms with Gasteiger partial charge in [-0.1, -0.05) is 11.6 Å². The number of piperazine rings is 1. The van der Waals surface area contributed by atoms with Gasteiger partial charge in [0.1, 0.15) is 11.5 Å². The van der Waals surface area contributed by atoms with Crippen LogP contribution in [0.4, 0.5) is 4.79 Å². The molecule has 1 atom stereocenters. The summed E-state index contributed by atoms with van der Waals surface area (Å²) < 4.78 is 5.76. The van der Waals surface area contributed by atoms with Crippen molar-refractivity contribution in [1.82, 2.24) is 20.4 Å². The van der Waals surface area contributed by atoms with Crippen LogP contribution < -0.4 is 10.6 Å². The Morgan fingerprint density at radius 1 is 1.06 bits per heavy atom. The maximum Gasteiger partial charge on any atom is 0.326 e. The average Bonchev–Trinajstić information content (AvgIpc) is 3.36. The Morgan fingerprint density at radius 3 is 2.58 bits per heavy atom. The lowest BCUT2D eigenvalue weighted by Crippen LogP contribution is -2.43. The van der Waals surface area contributed by atoms with Crippen LogP contribution in [0, 0.1) is 0 Å². The van der Waals surface area contributed by atoms with Gasteiger partial charge in [-0.05, 0) is 55.8 Å². The van der Waals surface area contributed by atoms with Crippen LogP contribution in [0.3, 0.4) is 0 Å². The van der Waals surface area contributed by atoms with E-state index >= 15 is 0 Å². The van der Waals surface area contributed by atoms with Crippen molar-refractivity contribution in [2.45, 2.75) is 19.0 Å². The van der Waals surface area contributed by atoms with Crippen LogP contribution in [0.2, 0.25) is 5.02 Å². The van der Waals surface area contributed by atoms with Gasteiger partial charge in [0, 0.05) is 43.3 Å². The summed E-state index contributed by atoms with van der Waals surface area (Å²) in [5.41, 5.74) is 0.890. The Morgan fingerprint density at radius 2 is 1.81 bits per heavy atom. The number of imide groups is 1. The summed E-state index contributed by atoms with van der Waals surface area (Å²) in [5.74, 6) is 0.848. The highest BCUT2D eigenvalue weighted by Gasteiger charge is 2.37. The van der Waals surface area contributed by atoms with Crippen LogP contribution in [-0.2, 0) is 4.79 Å². The highest BCUT2D eigenvalue weighted by Crippen LogP contribution is 2.23. The Labute approximate surface area is 186 Å². The second-order valence-corrected chi connectivity index (χ2v) is 8.06. The van der Waals surface area contributed by atoms with Crippen LogP contribution in [0.15, 0.2) is 45.8 Å². The van der Waals surface area contributed by atoms with Crippen molar-refractivity contribution in [1.29, 1.82) is 0 Å². The molecule has 2 fully saturated rings. The smallest absolute Gasteiger partial charge is 0.326 e. The van der Waals surface area contributed by atoms with E-state index in [1.165, 1.54) is 11.1 Å². The molecule has 0 radical (unpaired) electrons. The standard InChI is InChI=1S/C22H26ClN5O3/c23-17-5-3-16(4-6-17)19-8-7-18(31-19)15-25-20-21(29)28(22(30)26-20)12-2-1-11-27-13-9-24-10-14-27/h3-8,15,20,24H,1-2,9-14H2,(H,26,30). The molecule has 164 valence electrons. The van der Waals surface area contributed by atoms with E-state index in [0.29, 0.717) is 23.1 Å². The van der Waals surface area contributed by atoms with Gasteiger partial charge in [0.2, 0.25) is 6.17 Å². The van der Waals surface area contributed by atoms with Crippen LogP contribution >= 0.6 is 11.6 Å². The first-order chi connectivity index (χ1) is 15.1. The first-order valence-electron chi connectivity index (χ1n) is 10.5. The quantitative estimate of drug-likeness (QED) is 0.372. The molecule has 0 aliphatic carbocycles. The van der Waals surface area contributed by atoms with Gasteiger partial charge in [0.15, 0.2) is 0 Å². The number of amides is 3. The SMILES string of the molecule is O=C1NC(N=Cc2ccc(-c3ccc(Cl)cc3)o2)C(=O)N1CCCCN1CCNCC1. The van der Waals surface area contributed by atoms with Gasteiger partial charge in [-0.15, -0.1) is 0 Å². The van der Waals surface area contributed by atoms with Gasteiger partial charge in [-0.2, -0.15) is 0 Å². The summed E-state index contributed by atoms with van der Waals surface area (Å²) in [4.78, 5) is 32.6. The van der Waals surface area contributed by atoms with Crippen LogP contribution in [0.25, 0.3) is 11.3 Å². The van der Waals surface area contributed by atoms with Crippen molar-refractivity contribution in [3.63, 3.8) is 0 Å². The number of urea groups is 1. The lowest BCUT2D eigenvalue weighted by atomic mass is 10.2. The minimum Gasteiger partial charge on any atom is -0.455 e. The Bertz CT molecular complexity index is 937. The maximum atomic E-state index is 12.6. The highest BCUT2D eigenvalue weighted by molar-refractivity contribution is 6.30. The van der Waals surface area contributed by atoms with Crippen molar-refractivity contribution in [2.24, 2.45) is 4.99 Å². The molecule has 2 N–H and O–H groups in total. The molecule has 2 aliphatic rings. The fourth-order valence-corrected chi connectivity index (χ4v) is 3.82. The normalized spacial score (nSPS) is 20.0. The molecule has 1 aromatic heterocycles. The summed E-state index contributed by atoms with van der Waals surface area (Å²) in [7, 11) is 0. The minimum absolute atomic E-state index is 0.326. The fraction of sp³-hybridized carbons (Fsp3) is 0.409. The maximum absolute atomic E-state index is 12.6. The summed E-state index contributed by atoms with van der Waals surface area (Å²) in [6, 6.07) is 10.5. The minimum atomic E-state index is -0.912. The number of halogens is 1. The zero-order valence-corrected chi connectivity index (χ0v) is 18.0. The van der Waals surface area contributed by atoms with E-state index in [9.17, 15) is 9.59 Å². The molecular weight excluding hydrogens is 418 g/mol. The first kappa shape index (κ1) is 21.5. The predicted octanol–water partition coefficient (Wildman–Crippen LogP) is 2.58. The zero-order chi connectivity index (χ0) is 21.6. The molecule has 31 heavy (non-hydrogen) atoms. The number of rotatable bonds is 8. The van der Waals surface area contributed by atoms with Gasteiger partial charge < -0.3 is 20.0 Å². The number of nitrogens with zero attached hydrogens (tertiary/aromatic N) is 3. The third-order valence-corrected chi connectivity index (χ3v) is 5.68. The summed E-state index contributed by atoms with van der Waals surface area (Å²) in [6.07, 6.45) is 2.29. The lowest BCUT2D eigenvalue weighted by molar-refractivity contribution is -0.127. The van der Waals surface area contributed by atoms with Crippen LogP contribution in [0.1, 0.15) is 18.6 Å². The number of unbranched alkanes of at least 4 members (excludes halogenated alkanes) is 1. The number of benzene rings is 1. The van der Waals surface area contributed by atoms with E-state index in [1.54, 1.807) is 18.2 Å². The van der Waals surface area contributed by atoms with E-state index < -0.39 is 12.2 Å². The molecule has 3 amide bonds. The average molecular weight is 444 g/mol. The molecule has 0 bridgehead atoms. The van der Waals surface area contributed by atoms with Gasteiger partial charge in [-0.3, -0.25) is 14.7 Å². The monoisotopic (exact) mass is 443 g/mol. The lowest BCUT2D eigenvalue weighted by Gasteiger charge is -2.27. The van der Waals surface area contributed by atoms with E-state index in [2.05, 4.69) is 20.5 Å². The molecule has 0 spiro atoms. The van der Waals surface area contributed by atoms with E-state index in [-0.39, 0.29) is 5.91 Å². The second kappa shape index (κ2) is 10.1.